The second kappa shape index (κ2) is 30.9. The summed E-state index contributed by atoms with van der Waals surface area (Å²) in [7, 11) is 4.30. The number of likely N-dealkylation sites (tertiary alicyclic amines) is 2. The summed E-state index contributed by atoms with van der Waals surface area (Å²) in [5.41, 5.74) is 0. The fourth-order valence-corrected chi connectivity index (χ4v) is 3.97. The van der Waals surface area contributed by atoms with Crippen LogP contribution in [0.1, 0.15) is 73.6 Å². The summed E-state index contributed by atoms with van der Waals surface area (Å²) < 4.78 is 0. The molecule has 6 heteroatoms. The van der Waals surface area contributed by atoms with E-state index in [1.54, 1.807) is 0 Å². The third-order valence-corrected chi connectivity index (χ3v) is 5.48. The molecule has 34 heavy (non-hydrogen) atoms. The summed E-state index contributed by atoms with van der Waals surface area (Å²) in [6, 6.07) is 0. The summed E-state index contributed by atoms with van der Waals surface area (Å²) in [4.78, 5) is 4.66. The van der Waals surface area contributed by atoms with Crippen molar-refractivity contribution in [3.8, 4) is 36.0 Å². The van der Waals surface area contributed by atoms with Crippen LogP contribution in [0.5, 0.6) is 0 Å². The van der Waals surface area contributed by atoms with Crippen molar-refractivity contribution < 1.29 is 0 Å². The van der Waals surface area contributed by atoms with E-state index in [1.165, 1.54) is 64.7 Å². The van der Waals surface area contributed by atoms with Gasteiger partial charge >= 0.3 is 0 Å². The van der Waals surface area contributed by atoms with E-state index in [9.17, 15) is 0 Å². The van der Waals surface area contributed by atoms with Gasteiger partial charge in [0.05, 0.1) is 0 Å². The number of terminal acetylenes is 1. The Morgan fingerprint density at radius 3 is 1.56 bits per heavy atom. The molecule has 3 fully saturated rings. The van der Waals surface area contributed by atoms with Crippen LogP contribution in [0.25, 0.3) is 0 Å². The standard InChI is InChI=1S/C9H15N.2C8H13N.C2H6.CH4.3H3P/c1-3-5-9-6-4-7-10(2)8-9;1-3-8-5-4-6-9(2)7-8;1-2-4-8-5-3-6-9-7-8;1-2;;;;/h9H,4,6-8H2,1-2H3;1,8H,4-7H2,2H3;8-9H,3,5-7H2,1H3;1-2H3;1H4;3*1H3. The van der Waals surface area contributed by atoms with Gasteiger partial charge in [-0.3, -0.25) is 0 Å². The van der Waals surface area contributed by atoms with Crippen LogP contribution in [0.2, 0.25) is 0 Å². The van der Waals surface area contributed by atoms with E-state index in [-0.39, 0.29) is 37.1 Å². The molecule has 0 aromatic heterocycles. The highest BCUT2D eigenvalue weighted by Gasteiger charge is 2.14. The lowest BCUT2D eigenvalue weighted by Gasteiger charge is -2.26. The molecule has 0 aromatic carbocycles. The number of nitrogens with zero attached hydrogens (tertiary/aromatic N) is 2. The molecule has 0 radical (unpaired) electrons. The molecule has 0 saturated carbocycles. The number of hydrogen-bond acceptors (Lipinski definition) is 3. The maximum Gasteiger partial charge on any atom is 0.0330 e. The average molecular weight is 532 g/mol. The molecule has 0 spiro atoms. The Morgan fingerprint density at radius 2 is 1.18 bits per heavy atom. The van der Waals surface area contributed by atoms with Gasteiger partial charge in [0.2, 0.25) is 0 Å². The fourth-order valence-electron chi connectivity index (χ4n) is 3.97. The topological polar surface area (TPSA) is 18.5 Å². The third kappa shape index (κ3) is 23.6. The molecule has 202 valence electrons. The summed E-state index contributed by atoms with van der Waals surface area (Å²) in [5, 5.41) is 3.32. The molecule has 3 rings (SSSR count). The van der Waals surface area contributed by atoms with Crippen molar-refractivity contribution in [1.29, 1.82) is 0 Å². The molecule has 0 bridgehead atoms. The zero-order valence-electron chi connectivity index (χ0n) is 22.8. The van der Waals surface area contributed by atoms with Gasteiger partial charge in [0.25, 0.3) is 0 Å². The van der Waals surface area contributed by atoms with Crippen molar-refractivity contribution in [3.63, 3.8) is 0 Å². The predicted octanol–water partition coefficient (Wildman–Crippen LogP) is 5.16. The highest BCUT2D eigenvalue weighted by Crippen LogP contribution is 2.13. The molecular weight excluding hydrogens is 471 g/mol. The number of hydrogen-bond donors (Lipinski definition) is 1. The summed E-state index contributed by atoms with van der Waals surface area (Å²) >= 11 is 0. The summed E-state index contributed by atoms with van der Waals surface area (Å²) in [6.45, 7) is 14.9. The van der Waals surface area contributed by atoms with Gasteiger partial charge in [-0.05, 0) is 86.1 Å². The van der Waals surface area contributed by atoms with E-state index in [0.29, 0.717) is 17.8 Å². The Balaban J connectivity index is -0.000000113. The van der Waals surface area contributed by atoms with E-state index < -0.39 is 0 Å². The molecular formula is C28H60N3P3. The molecule has 3 aliphatic rings. The minimum absolute atomic E-state index is 0. The van der Waals surface area contributed by atoms with Crippen LogP contribution in [0, 0.1) is 53.8 Å². The van der Waals surface area contributed by atoms with Crippen molar-refractivity contribution in [2.75, 3.05) is 53.4 Å². The largest absolute Gasteiger partial charge is 0.316 e. The Hall–Kier alpha value is -0.150. The minimum atomic E-state index is 0. The van der Waals surface area contributed by atoms with Crippen molar-refractivity contribution in [1.82, 2.24) is 15.1 Å². The third-order valence-electron chi connectivity index (χ3n) is 5.48. The van der Waals surface area contributed by atoms with E-state index >= 15 is 0 Å². The van der Waals surface area contributed by atoms with E-state index in [1.807, 2.05) is 27.7 Å². The van der Waals surface area contributed by atoms with Gasteiger partial charge in [-0.25, -0.2) is 0 Å². The lowest BCUT2D eigenvalue weighted by atomic mass is 9.99. The number of piperidine rings is 3. The van der Waals surface area contributed by atoms with Crippen molar-refractivity contribution in [2.45, 2.75) is 73.6 Å². The van der Waals surface area contributed by atoms with Gasteiger partial charge in [-0.15, -0.1) is 24.2 Å². The number of nitrogens with one attached hydrogen (secondary N) is 1. The molecule has 3 nitrogen and oxygen atoms in total. The van der Waals surface area contributed by atoms with Crippen LogP contribution < -0.4 is 5.32 Å². The van der Waals surface area contributed by atoms with E-state index in [2.05, 4.69) is 58.8 Å². The zero-order chi connectivity index (χ0) is 22.6. The van der Waals surface area contributed by atoms with Crippen LogP contribution in [-0.4, -0.2) is 63.2 Å². The quantitative estimate of drug-likeness (QED) is 0.344. The average Bonchev–Trinajstić information content (AvgIpc) is 2.77. The fraction of sp³-hybridized carbons (Fsp3) is 0.786. The normalized spacial score (nSPS) is 23.0. The molecule has 0 aliphatic carbocycles. The smallest absolute Gasteiger partial charge is 0.0330 e. The van der Waals surface area contributed by atoms with Gasteiger partial charge < -0.3 is 15.1 Å². The zero-order valence-corrected chi connectivity index (χ0v) is 27.1. The molecule has 6 atom stereocenters. The Labute approximate surface area is 225 Å². The van der Waals surface area contributed by atoms with Crippen LogP contribution in [0.3, 0.4) is 0 Å². The molecule has 0 aromatic rings. The van der Waals surface area contributed by atoms with Gasteiger partial charge in [0, 0.05) is 37.4 Å². The predicted molar refractivity (Wildman–Crippen MR) is 173 cm³/mol. The maximum absolute atomic E-state index is 5.29. The molecule has 3 saturated heterocycles. The van der Waals surface area contributed by atoms with Crippen LogP contribution in [-0.2, 0) is 0 Å². The molecule has 1 N–H and O–H groups in total. The lowest BCUT2D eigenvalue weighted by Crippen LogP contribution is -2.31. The minimum Gasteiger partial charge on any atom is -0.316 e. The molecule has 3 heterocycles. The first-order chi connectivity index (χ1) is 14.6. The van der Waals surface area contributed by atoms with Gasteiger partial charge in [-0.2, -0.15) is 29.7 Å². The van der Waals surface area contributed by atoms with Crippen LogP contribution >= 0.6 is 29.7 Å². The second-order valence-electron chi connectivity index (χ2n) is 8.20. The SMILES string of the molecule is C.C#CC1CCCN(C)C1.CC.CC#CC1CCCN(C)C1.CC#CC1CCCNC1.P.P.P. The Morgan fingerprint density at radius 1 is 0.735 bits per heavy atom. The Bertz CT molecular complexity index is 578. The molecule has 0 amide bonds. The molecule has 3 aliphatic heterocycles. The van der Waals surface area contributed by atoms with Crippen LogP contribution in [0.15, 0.2) is 0 Å². The highest BCUT2D eigenvalue weighted by atomic mass is 31.0. The first-order valence-electron chi connectivity index (χ1n) is 12.0. The maximum atomic E-state index is 5.29. The monoisotopic (exact) mass is 531 g/mol. The summed E-state index contributed by atoms with van der Waals surface area (Å²) in [5.74, 6) is 16.9. The number of rotatable bonds is 0. The van der Waals surface area contributed by atoms with E-state index in [4.69, 9.17) is 6.42 Å². The Kier molecular flexibility index (Phi) is 39.9. The first-order valence-corrected chi connectivity index (χ1v) is 12.0. The van der Waals surface area contributed by atoms with Crippen molar-refractivity contribution in [3.05, 3.63) is 0 Å². The first kappa shape index (κ1) is 43.9. The second-order valence-corrected chi connectivity index (χ2v) is 8.20. The van der Waals surface area contributed by atoms with Crippen molar-refractivity contribution in [2.24, 2.45) is 17.8 Å². The van der Waals surface area contributed by atoms with Crippen molar-refractivity contribution >= 4 is 29.7 Å². The van der Waals surface area contributed by atoms with Gasteiger partial charge in [-0.1, -0.05) is 33.1 Å². The van der Waals surface area contributed by atoms with E-state index in [0.717, 1.165) is 13.1 Å². The van der Waals surface area contributed by atoms with Gasteiger partial charge in [0.1, 0.15) is 0 Å². The highest BCUT2D eigenvalue weighted by molar-refractivity contribution is 6.92. The summed E-state index contributed by atoms with van der Waals surface area (Å²) in [6.07, 6.45) is 13.0. The lowest BCUT2D eigenvalue weighted by molar-refractivity contribution is 0.242. The molecule has 6 unspecified atom stereocenters. The van der Waals surface area contributed by atoms with Crippen LogP contribution in [0.4, 0.5) is 0 Å². The van der Waals surface area contributed by atoms with Gasteiger partial charge in [0.15, 0.2) is 0 Å².